The van der Waals surface area contributed by atoms with Crippen LogP contribution in [-0.4, -0.2) is 43.7 Å². The lowest BCUT2D eigenvalue weighted by molar-refractivity contribution is -0.508. The molecule has 0 aliphatic carbocycles. The predicted molar refractivity (Wildman–Crippen MR) is 89.3 cm³/mol. The van der Waals surface area contributed by atoms with Crippen LogP contribution in [0.5, 0.6) is 0 Å². The summed E-state index contributed by atoms with van der Waals surface area (Å²) in [5, 5.41) is 31.3. The molecule has 1 amide bonds. The van der Waals surface area contributed by atoms with Gasteiger partial charge in [-0.15, -0.1) is 0 Å². The van der Waals surface area contributed by atoms with Gasteiger partial charge < -0.3 is 25.0 Å². The molecule has 0 radical (unpaired) electrons. The number of aliphatic hydroxyl groups is 2. The fourth-order valence-corrected chi connectivity index (χ4v) is 5.55. The molecular weight excluding hydrogens is 358 g/mol. The Bertz CT molecular complexity index is 973. The number of carbonyl (C=O) groups is 2. The number of imidazole rings is 1. The maximum absolute atomic E-state index is 12.4. The van der Waals surface area contributed by atoms with Gasteiger partial charge in [-0.05, 0) is 6.92 Å². The van der Waals surface area contributed by atoms with E-state index in [2.05, 4.69) is 0 Å². The van der Waals surface area contributed by atoms with Crippen molar-refractivity contribution in [3.8, 4) is 0 Å². The highest BCUT2D eigenvalue weighted by Gasteiger charge is 2.59. The summed E-state index contributed by atoms with van der Waals surface area (Å²) >= 11 is 1.37. The Morgan fingerprint density at radius 1 is 1.50 bits per heavy atom. The second kappa shape index (κ2) is 5.63. The number of carboxylic acid groups (broad SMARTS) is 1. The molecule has 0 saturated carbocycles. The fraction of sp³-hybridized carbons (Fsp3) is 0.471. The number of aliphatic carboxylic acids is 1. The highest BCUT2D eigenvalue weighted by atomic mass is 32.1. The van der Waals surface area contributed by atoms with E-state index in [1.54, 1.807) is 13.3 Å². The van der Waals surface area contributed by atoms with E-state index >= 15 is 0 Å². The minimum Gasteiger partial charge on any atom is -0.543 e. The van der Waals surface area contributed by atoms with Gasteiger partial charge in [-0.1, -0.05) is 18.3 Å². The van der Waals surface area contributed by atoms with Crippen LogP contribution in [0.25, 0.3) is 10.4 Å². The van der Waals surface area contributed by atoms with Crippen LogP contribution in [0.4, 0.5) is 0 Å². The van der Waals surface area contributed by atoms with E-state index in [4.69, 9.17) is 0 Å². The lowest BCUT2D eigenvalue weighted by Gasteiger charge is -2.47. The predicted octanol–water partition coefficient (Wildman–Crippen LogP) is -1.36. The van der Waals surface area contributed by atoms with Crippen LogP contribution in [0.3, 0.4) is 0 Å². The van der Waals surface area contributed by atoms with E-state index < -0.39 is 18.0 Å². The van der Waals surface area contributed by atoms with Crippen LogP contribution in [0, 0.1) is 11.8 Å². The largest absolute Gasteiger partial charge is 0.543 e. The molecular formula is C17H19N3O5S. The first-order chi connectivity index (χ1) is 12.3. The van der Waals surface area contributed by atoms with E-state index in [0.29, 0.717) is 10.5 Å². The number of carbonyl (C=O) groups excluding carboxylic acids is 2. The molecule has 2 aromatic heterocycles. The molecule has 0 bridgehead atoms. The molecule has 9 heteroatoms. The van der Waals surface area contributed by atoms with Gasteiger partial charge in [-0.2, -0.15) is 4.40 Å². The lowest BCUT2D eigenvalue weighted by Crippen LogP contribution is -2.64. The highest BCUT2D eigenvalue weighted by molar-refractivity contribution is 7.18. The summed E-state index contributed by atoms with van der Waals surface area (Å²) in [5.41, 5.74) is 1.17. The Morgan fingerprint density at radius 2 is 2.19 bits per heavy atom. The van der Waals surface area contributed by atoms with Gasteiger partial charge >= 0.3 is 0 Å². The first kappa shape index (κ1) is 17.2. The number of hydrogen-bond donors (Lipinski definition) is 2. The molecule has 1 fully saturated rings. The number of thiazole rings is 1. The van der Waals surface area contributed by atoms with E-state index in [0.717, 1.165) is 10.5 Å². The molecule has 8 nitrogen and oxygen atoms in total. The van der Waals surface area contributed by atoms with Crippen LogP contribution in [-0.2, 0) is 23.2 Å². The molecule has 2 N–H and O–H groups in total. The second-order valence-electron chi connectivity index (χ2n) is 6.94. The smallest absolute Gasteiger partial charge is 0.249 e. The Hall–Kier alpha value is -2.23. The standard InChI is InChI=1S/C17H19N3O5S/c1-7-11(10-4-19-6-18(3)9(5-21)16(19)26-10)14(17(24)25)20-13(7)12(8(2)22)15(20)23/h4,6-8,12-13,21-22H,5H2,1-3H3/t7-,8+,12+,13-/m0/s1. The summed E-state index contributed by atoms with van der Waals surface area (Å²) in [6.07, 6.45) is 2.77. The quantitative estimate of drug-likeness (QED) is 0.505. The minimum atomic E-state index is -1.39. The highest BCUT2D eigenvalue weighted by Crippen LogP contribution is 2.51. The topological polar surface area (TPSA) is 110 Å². The Kier molecular flexibility index (Phi) is 3.73. The SMILES string of the molecule is C[C@@H](O)[C@H]1C(=O)N2C(C(=O)[O-])=C(c3c[n+]4cn(C)c(CO)c4s3)[C@H](C)[C@@H]12. The van der Waals surface area contributed by atoms with E-state index in [-0.39, 0.29) is 30.2 Å². The molecule has 2 aromatic rings. The first-order valence-electron chi connectivity index (χ1n) is 8.34. The summed E-state index contributed by atoms with van der Waals surface area (Å²) < 4.78 is 3.64. The lowest BCUT2D eigenvalue weighted by atomic mass is 9.77. The van der Waals surface area contributed by atoms with E-state index in [9.17, 15) is 24.9 Å². The van der Waals surface area contributed by atoms with Gasteiger partial charge in [0.2, 0.25) is 17.1 Å². The number of β-lactam (4-membered cyclic amide) rings is 1. The molecule has 0 unspecified atom stereocenters. The van der Waals surface area contributed by atoms with Gasteiger partial charge in [0.05, 0.1) is 41.7 Å². The van der Waals surface area contributed by atoms with Gasteiger partial charge in [0.25, 0.3) is 0 Å². The Labute approximate surface area is 153 Å². The number of amides is 1. The monoisotopic (exact) mass is 377 g/mol. The van der Waals surface area contributed by atoms with Gasteiger partial charge in [-0.3, -0.25) is 4.79 Å². The van der Waals surface area contributed by atoms with E-state index in [1.165, 1.54) is 16.2 Å². The summed E-state index contributed by atoms with van der Waals surface area (Å²) in [5.74, 6) is -2.61. The van der Waals surface area contributed by atoms with Crippen LogP contribution >= 0.6 is 11.3 Å². The number of aryl methyl sites for hydroxylation is 1. The van der Waals surface area contributed by atoms with Gasteiger partial charge in [-0.25, -0.2) is 4.57 Å². The molecule has 4 heterocycles. The van der Waals surface area contributed by atoms with Crippen molar-refractivity contribution in [2.45, 2.75) is 32.6 Å². The van der Waals surface area contributed by atoms with Crippen molar-refractivity contribution >= 4 is 33.6 Å². The summed E-state index contributed by atoms with van der Waals surface area (Å²) in [6.45, 7) is 3.28. The fourth-order valence-electron chi connectivity index (χ4n) is 4.26. The molecule has 0 aromatic carbocycles. The molecule has 4 rings (SSSR count). The van der Waals surface area contributed by atoms with Gasteiger partial charge in [0.1, 0.15) is 12.8 Å². The zero-order valence-electron chi connectivity index (χ0n) is 14.5. The maximum Gasteiger partial charge on any atom is 0.249 e. The van der Waals surface area contributed by atoms with Crippen LogP contribution in [0.1, 0.15) is 24.4 Å². The normalized spacial score (nSPS) is 26.4. The molecule has 4 atom stereocenters. The minimum absolute atomic E-state index is 0.108. The van der Waals surface area contributed by atoms with Gasteiger partial charge in [0, 0.05) is 11.5 Å². The number of rotatable bonds is 4. The number of nitrogens with zero attached hydrogens (tertiary/aromatic N) is 3. The number of fused-ring (bicyclic) bond motifs is 2. The molecule has 2 aliphatic heterocycles. The summed E-state index contributed by atoms with van der Waals surface area (Å²) in [7, 11) is 1.83. The first-order valence-corrected chi connectivity index (χ1v) is 9.16. The Morgan fingerprint density at radius 3 is 2.77 bits per heavy atom. The number of carboxylic acids is 1. The number of aliphatic hydroxyl groups excluding tert-OH is 2. The third kappa shape index (κ3) is 2.04. The van der Waals surface area contributed by atoms with Gasteiger partial charge in [0.15, 0.2) is 5.69 Å². The molecule has 2 aliphatic rings. The maximum atomic E-state index is 12.4. The molecule has 26 heavy (non-hydrogen) atoms. The van der Waals surface area contributed by atoms with Crippen LogP contribution in [0.15, 0.2) is 18.2 Å². The summed E-state index contributed by atoms with van der Waals surface area (Å²) in [6, 6.07) is -0.375. The number of aromatic nitrogens is 2. The van der Waals surface area contributed by atoms with Crippen molar-refractivity contribution in [2.75, 3.05) is 0 Å². The molecule has 0 spiro atoms. The zero-order chi connectivity index (χ0) is 18.9. The van der Waals surface area contributed by atoms with Crippen molar-refractivity contribution in [1.29, 1.82) is 0 Å². The Balaban J connectivity index is 1.86. The van der Waals surface area contributed by atoms with Crippen molar-refractivity contribution in [3.63, 3.8) is 0 Å². The van der Waals surface area contributed by atoms with Crippen molar-refractivity contribution in [3.05, 3.63) is 28.8 Å². The second-order valence-corrected chi connectivity index (χ2v) is 7.97. The number of hydrogen-bond acceptors (Lipinski definition) is 6. The molecule has 138 valence electrons. The van der Waals surface area contributed by atoms with Crippen molar-refractivity contribution < 1.29 is 29.3 Å². The summed E-state index contributed by atoms with van der Waals surface area (Å²) in [4.78, 5) is 27.0. The van der Waals surface area contributed by atoms with Crippen LogP contribution < -0.4 is 9.51 Å². The third-order valence-corrected chi connectivity index (χ3v) is 6.63. The average Bonchev–Trinajstić information content (AvgIpc) is 3.14. The average molecular weight is 377 g/mol. The van der Waals surface area contributed by atoms with Crippen LogP contribution in [0.2, 0.25) is 0 Å². The zero-order valence-corrected chi connectivity index (χ0v) is 15.4. The third-order valence-electron chi connectivity index (χ3n) is 5.45. The van der Waals surface area contributed by atoms with Crippen molar-refractivity contribution in [2.24, 2.45) is 18.9 Å². The van der Waals surface area contributed by atoms with E-state index in [1.807, 2.05) is 29.1 Å². The molecule has 1 saturated heterocycles. The van der Waals surface area contributed by atoms with Crippen molar-refractivity contribution in [1.82, 2.24) is 9.47 Å².